The lowest BCUT2D eigenvalue weighted by Gasteiger charge is -2.43. The summed E-state index contributed by atoms with van der Waals surface area (Å²) in [5, 5.41) is 0. The van der Waals surface area contributed by atoms with Crippen LogP contribution in [0.4, 0.5) is 29.3 Å². The van der Waals surface area contributed by atoms with Gasteiger partial charge < -0.3 is 20.3 Å². The van der Waals surface area contributed by atoms with E-state index < -0.39 is 17.3 Å². The van der Waals surface area contributed by atoms with E-state index in [0.29, 0.717) is 44.3 Å². The molecule has 2 N–H and O–H groups in total. The number of carbonyl (C=O) groups is 1. The molecule has 1 aromatic rings. The highest BCUT2D eigenvalue weighted by atomic mass is 19.4. The highest BCUT2D eigenvalue weighted by Gasteiger charge is 2.35. The van der Waals surface area contributed by atoms with Crippen LogP contribution in [0.25, 0.3) is 0 Å². The highest BCUT2D eigenvalue weighted by molar-refractivity contribution is 5.68. The predicted molar refractivity (Wildman–Crippen MR) is 120 cm³/mol. The van der Waals surface area contributed by atoms with Crippen LogP contribution in [0.5, 0.6) is 0 Å². The smallest absolute Gasteiger partial charge is 0.418 e. The third kappa shape index (κ3) is 5.79. The van der Waals surface area contributed by atoms with Gasteiger partial charge in [-0.2, -0.15) is 13.2 Å². The Morgan fingerprint density at radius 1 is 1.06 bits per heavy atom. The lowest BCUT2D eigenvalue weighted by molar-refractivity contribution is -0.136. The van der Waals surface area contributed by atoms with Crippen molar-refractivity contribution >= 4 is 17.5 Å². The van der Waals surface area contributed by atoms with Crippen LogP contribution >= 0.6 is 0 Å². The molecule has 0 aromatic heterocycles. The third-order valence-electron chi connectivity index (χ3n) is 6.22. The molecule has 3 rings (SSSR count). The average Bonchev–Trinajstić information content (AvgIpc) is 2.71. The zero-order valence-electron chi connectivity index (χ0n) is 19.5. The number of nitrogens with zero attached hydrogens (tertiary/aromatic N) is 3. The van der Waals surface area contributed by atoms with E-state index >= 15 is 0 Å². The molecule has 0 spiro atoms. The van der Waals surface area contributed by atoms with E-state index in [1.165, 1.54) is 12.1 Å². The van der Waals surface area contributed by atoms with Gasteiger partial charge in [-0.3, -0.25) is 4.90 Å². The van der Waals surface area contributed by atoms with E-state index in [-0.39, 0.29) is 11.8 Å². The summed E-state index contributed by atoms with van der Waals surface area (Å²) in [4.78, 5) is 18.5. The minimum Gasteiger partial charge on any atom is -0.444 e. The van der Waals surface area contributed by atoms with Crippen molar-refractivity contribution in [1.82, 2.24) is 9.80 Å². The van der Waals surface area contributed by atoms with Crippen LogP contribution in [0, 0.1) is 0 Å². The Bertz CT molecular complexity index is 807. The summed E-state index contributed by atoms with van der Waals surface area (Å²) in [6.07, 6.45) is -2.35. The summed E-state index contributed by atoms with van der Waals surface area (Å²) < 4.78 is 45.6. The van der Waals surface area contributed by atoms with Gasteiger partial charge in [-0.25, -0.2) is 4.79 Å². The summed E-state index contributed by atoms with van der Waals surface area (Å²) >= 11 is 0. The first-order chi connectivity index (χ1) is 14.9. The maximum absolute atomic E-state index is 13.4. The van der Waals surface area contributed by atoms with Crippen molar-refractivity contribution < 1.29 is 22.7 Å². The Labute approximate surface area is 188 Å². The molecular formula is C23H35F3N4O2. The monoisotopic (exact) mass is 456 g/mol. The minimum absolute atomic E-state index is 0.212. The fourth-order valence-corrected chi connectivity index (χ4v) is 4.54. The van der Waals surface area contributed by atoms with Gasteiger partial charge in [0.2, 0.25) is 0 Å². The third-order valence-corrected chi connectivity index (χ3v) is 6.22. The number of anilines is 2. The molecule has 180 valence electrons. The maximum atomic E-state index is 13.4. The number of halogens is 3. The second-order valence-corrected chi connectivity index (χ2v) is 9.64. The largest absolute Gasteiger partial charge is 0.444 e. The van der Waals surface area contributed by atoms with Gasteiger partial charge >= 0.3 is 12.3 Å². The number of carbonyl (C=O) groups excluding carboxylic acids is 1. The Hall–Kier alpha value is -2.16. The minimum atomic E-state index is -4.46. The van der Waals surface area contributed by atoms with Crippen LogP contribution in [0.15, 0.2) is 12.1 Å². The lowest BCUT2D eigenvalue weighted by Crippen LogP contribution is -2.55. The molecule has 32 heavy (non-hydrogen) atoms. The van der Waals surface area contributed by atoms with Crippen molar-refractivity contribution in [2.24, 2.45) is 0 Å². The molecule has 2 saturated heterocycles. The van der Waals surface area contributed by atoms with E-state index in [0.717, 1.165) is 31.5 Å². The average molecular weight is 457 g/mol. The van der Waals surface area contributed by atoms with Crippen molar-refractivity contribution in [2.75, 3.05) is 49.9 Å². The molecule has 2 fully saturated rings. The van der Waals surface area contributed by atoms with Gasteiger partial charge in [-0.05, 0) is 57.7 Å². The van der Waals surface area contributed by atoms with E-state index in [1.807, 2.05) is 27.7 Å². The fourth-order valence-electron chi connectivity index (χ4n) is 4.54. The molecule has 1 amide bonds. The van der Waals surface area contributed by atoms with Gasteiger partial charge in [-0.15, -0.1) is 0 Å². The van der Waals surface area contributed by atoms with Crippen molar-refractivity contribution in [3.63, 3.8) is 0 Å². The van der Waals surface area contributed by atoms with E-state index in [1.54, 1.807) is 4.90 Å². The van der Waals surface area contributed by atoms with Gasteiger partial charge in [0.05, 0.1) is 5.56 Å². The predicted octanol–water partition coefficient (Wildman–Crippen LogP) is 4.37. The van der Waals surface area contributed by atoms with Gasteiger partial charge in [0.25, 0.3) is 0 Å². The summed E-state index contributed by atoms with van der Waals surface area (Å²) in [6.45, 7) is 11.7. The van der Waals surface area contributed by atoms with Gasteiger partial charge in [0, 0.05) is 56.7 Å². The number of hydrogen-bond donors (Lipinski definition) is 1. The first kappa shape index (κ1) is 24.5. The number of benzene rings is 1. The van der Waals surface area contributed by atoms with Crippen LogP contribution in [-0.4, -0.2) is 66.8 Å². The van der Waals surface area contributed by atoms with Gasteiger partial charge in [0.1, 0.15) is 5.60 Å². The summed E-state index contributed by atoms with van der Waals surface area (Å²) in [5.41, 5.74) is 5.69. The molecule has 1 aromatic carbocycles. The van der Waals surface area contributed by atoms with Gasteiger partial charge in [-0.1, -0.05) is 6.92 Å². The van der Waals surface area contributed by atoms with Crippen molar-refractivity contribution in [1.29, 1.82) is 0 Å². The second kappa shape index (κ2) is 9.37. The number of hydrogen-bond acceptors (Lipinski definition) is 5. The molecule has 0 unspecified atom stereocenters. The number of piperazine rings is 1. The number of piperidine rings is 1. The number of alkyl halides is 3. The van der Waals surface area contributed by atoms with Crippen LogP contribution in [0.1, 0.15) is 51.7 Å². The number of ether oxygens (including phenoxy) is 1. The molecule has 2 aliphatic rings. The molecule has 6 nitrogen and oxygen atoms in total. The van der Waals surface area contributed by atoms with Crippen molar-refractivity contribution in [2.45, 2.75) is 64.8 Å². The molecule has 0 saturated carbocycles. The number of rotatable bonds is 3. The Kier molecular flexibility index (Phi) is 7.17. The number of nitrogens with two attached hydrogens (primary N) is 1. The fraction of sp³-hybridized carbons (Fsp3) is 0.696. The molecule has 0 bridgehead atoms. The van der Waals surface area contributed by atoms with E-state index in [2.05, 4.69) is 9.80 Å². The first-order valence-corrected chi connectivity index (χ1v) is 11.4. The number of aryl methyl sites for hydroxylation is 1. The molecule has 9 heteroatoms. The van der Waals surface area contributed by atoms with Gasteiger partial charge in [0.15, 0.2) is 0 Å². The van der Waals surface area contributed by atoms with Crippen LogP contribution < -0.4 is 10.6 Å². The first-order valence-electron chi connectivity index (χ1n) is 11.4. The maximum Gasteiger partial charge on any atom is 0.418 e. The zero-order chi connectivity index (χ0) is 23.7. The molecule has 2 heterocycles. The SMILES string of the molecule is CCc1cc(N)c(C(F)(F)F)cc1N1CCC(N2CCN(C(=O)OC(C)(C)C)CC2)CC1. The van der Waals surface area contributed by atoms with Crippen LogP contribution in [0.2, 0.25) is 0 Å². The lowest BCUT2D eigenvalue weighted by atomic mass is 9.98. The van der Waals surface area contributed by atoms with E-state index in [4.69, 9.17) is 10.5 Å². The summed E-state index contributed by atoms with van der Waals surface area (Å²) in [6, 6.07) is 3.06. The molecule has 0 radical (unpaired) electrons. The standard InChI is InChI=1S/C23H35F3N4O2/c1-5-16-14-19(27)18(23(24,25)26)15-20(16)29-8-6-17(7-9-29)28-10-12-30(13-11-28)21(31)32-22(2,3)4/h14-15,17H,5-13,27H2,1-4H3. The van der Waals surface area contributed by atoms with Crippen LogP contribution in [0.3, 0.4) is 0 Å². The summed E-state index contributed by atoms with van der Waals surface area (Å²) in [7, 11) is 0. The highest BCUT2D eigenvalue weighted by Crippen LogP contribution is 2.39. The Morgan fingerprint density at radius 2 is 1.66 bits per heavy atom. The van der Waals surface area contributed by atoms with Crippen LogP contribution in [-0.2, 0) is 17.3 Å². The second-order valence-electron chi connectivity index (χ2n) is 9.64. The quantitative estimate of drug-likeness (QED) is 0.685. The number of amides is 1. The van der Waals surface area contributed by atoms with Crippen molar-refractivity contribution in [3.05, 3.63) is 23.3 Å². The van der Waals surface area contributed by atoms with E-state index in [9.17, 15) is 18.0 Å². The zero-order valence-corrected chi connectivity index (χ0v) is 19.5. The number of nitrogen functional groups attached to an aromatic ring is 1. The Balaban J connectivity index is 1.59. The summed E-state index contributed by atoms with van der Waals surface area (Å²) in [5.74, 6) is 0. The van der Waals surface area contributed by atoms with Crippen molar-refractivity contribution in [3.8, 4) is 0 Å². The molecule has 0 atom stereocenters. The Morgan fingerprint density at radius 3 is 2.16 bits per heavy atom. The normalized spacial score (nSPS) is 19.3. The molecule has 0 aliphatic carbocycles. The molecular weight excluding hydrogens is 421 g/mol. The topological polar surface area (TPSA) is 62.0 Å². The molecule has 2 aliphatic heterocycles.